The Morgan fingerprint density at radius 3 is 2.48 bits per heavy atom. The molecule has 0 spiro atoms. The maximum atomic E-state index is 12.6. The van der Waals surface area contributed by atoms with E-state index in [2.05, 4.69) is 21.9 Å². The molecule has 0 aromatic carbocycles. The van der Waals surface area contributed by atoms with Gasteiger partial charge in [-0.3, -0.25) is 9.58 Å². The molecule has 0 bridgehead atoms. The van der Waals surface area contributed by atoms with Crippen molar-refractivity contribution >= 4 is 10.0 Å². The van der Waals surface area contributed by atoms with Crippen molar-refractivity contribution < 1.29 is 8.42 Å². The van der Waals surface area contributed by atoms with Gasteiger partial charge in [-0.05, 0) is 13.5 Å². The summed E-state index contributed by atoms with van der Waals surface area (Å²) in [5.74, 6) is 0. The van der Waals surface area contributed by atoms with E-state index in [-0.39, 0.29) is 0 Å². The average Bonchev–Trinajstić information content (AvgIpc) is 3.09. The maximum absolute atomic E-state index is 12.6. The van der Waals surface area contributed by atoms with E-state index in [0.717, 1.165) is 32.6 Å². The third kappa shape index (κ3) is 2.98. The maximum Gasteiger partial charge on any atom is 0.246 e. The lowest BCUT2D eigenvalue weighted by atomic mass is 10.2. The van der Waals surface area contributed by atoms with Gasteiger partial charge < -0.3 is 4.90 Å². The van der Waals surface area contributed by atoms with Crippen LogP contribution in [0.5, 0.6) is 0 Å². The van der Waals surface area contributed by atoms with Crippen LogP contribution in [0.1, 0.15) is 6.42 Å². The molecule has 0 radical (unpaired) electrons. The van der Waals surface area contributed by atoms with Crippen molar-refractivity contribution in [3.8, 4) is 0 Å². The number of piperazine rings is 1. The van der Waals surface area contributed by atoms with Crippen molar-refractivity contribution in [2.24, 2.45) is 7.05 Å². The second-order valence-corrected chi connectivity index (χ2v) is 7.93. The predicted molar refractivity (Wildman–Crippen MR) is 79.4 cm³/mol. The van der Waals surface area contributed by atoms with Gasteiger partial charge in [0.25, 0.3) is 0 Å². The third-order valence-electron chi connectivity index (χ3n) is 4.50. The summed E-state index contributed by atoms with van der Waals surface area (Å²) in [5, 5.41) is 3.97. The number of aryl methyl sites for hydroxylation is 1. The van der Waals surface area contributed by atoms with Crippen LogP contribution >= 0.6 is 0 Å². The number of hydrogen-bond donors (Lipinski definition) is 0. The summed E-state index contributed by atoms with van der Waals surface area (Å²) in [6.45, 7) is 5.39. The van der Waals surface area contributed by atoms with Crippen molar-refractivity contribution in [2.75, 3.05) is 46.3 Å². The highest BCUT2D eigenvalue weighted by atomic mass is 32.2. The molecule has 2 saturated heterocycles. The van der Waals surface area contributed by atoms with Crippen molar-refractivity contribution in [1.82, 2.24) is 23.9 Å². The second kappa shape index (κ2) is 5.68. The molecule has 2 fully saturated rings. The van der Waals surface area contributed by atoms with Crippen LogP contribution in [-0.2, 0) is 17.1 Å². The first-order chi connectivity index (χ1) is 9.96. The molecule has 0 N–H and O–H groups in total. The normalized spacial score (nSPS) is 26.5. The molecular formula is C13H23N5O2S. The minimum atomic E-state index is -3.39. The van der Waals surface area contributed by atoms with E-state index in [1.54, 1.807) is 17.5 Å². The van der Waals surface area contributed by atoms with E-state index < -0.39 is 10.0 Å². The lowest BCUT2D eigenvalue weighted by Gasteiger charge is -2.36. The van der Waals surface area contributed by atoms with Gasteiger partial charge in [0, 0.05) is 58.6 Å². The zero-order chi connectivity index (χ0) is 15.0. The van der Waals surface area contributed by atoms with Crippen molar-refractivity contribution in [2.45, 2.75) is 17.4 Å². The first kappa shape index (κ1) is 15.0. The Morgan fingerprint density at radius 2 is 1.86 bits per heavy atom. The highest BCUT2D eigenvalue weighted by Gasteiger charge is 2.36. The SMILES string of the molecule is CN1CCN(C2CCN(S(=O)(=O)c3cnn(C)c3)C2)CC1. The number of hydrogen-bond acceptors (Lipinski definition) is 5. The third-order valence-corrected chi connectivity index (χ3v) is 6.32. The van der Waals surface area contributed by atoms with E-state index in [1.807, 2.05) is 0 Å². The van der Waals surface area contributed by atoms with E-state index in [4.69, 9.17) is 0 Å². The van der Waals surface area contributed by atoms with Crippen LogP contribution in [0.2, 0.25) is 0 Å². The highest BCUT2D eigenvalue weighted by molar-refractivity contribution is 7.89. The summed E-state index contributed by atoms with van der Waals surface area (Å²) in [5.41, 5.74) is 0. The average molecular weight is 313 g/mol. The summed E-state index contributed by atoms with van der Waals surface area (Å²) in [6.07, 6.45) is 3.92. The summed E-state index contributed by atoms with van der Waals surface area (Å²) in [6, 6.07) is 0.352. The summed E-state index contributed by atoms with van der Waals surface area (Å²) >= 11 is 0. The second-order valence-electron chi connectivity index (χ2n) is 5.99. The number of rotatable bonds is 3. The summed E-state index contributed by atoms with van der Waals surface area (Å²) < 4.78 is 28.3. The van der Waals surface area contributed by atoms with Gasteiger partial charge in [0.2, 0.25) is 10.0 Å². The van der Waals surface area contributed by atoms with E-state index in [9.17, 15) is 8.42 Å². The fourth-order valence-electron chi connectivity index (χ4n) is 3.10. The lowest BCUT2D eigenvalue weighted by molar-refractivity contribution is 0.116. The molecule has 118 valence electrons. The lowest BCUT2D eigenvalue weighted by Crippen LogP contribution is -2.49. The quantitative estimate of drug-likeness (QED) is 0.748. The van der Waals surface area contributed by atoms with Gasteiger partial charge in [-0.25, -0.2) is 8.42 Å². The van der Waals surface area contributed by atoms with Gasteiger partial charge in [-0.15, -0.1) is 0 Å². The molecule has 0 amide bonds. The topological polar surface area (TPSA) is 61.7 Å². The highest BCUT2D eigenvalue weighted by Crippen LogP contribution is 2.23. The van der Waals surface area contributed by atoms with Crippen LogP contribution in [0.25, 0.3) is 0 Å². The van der Waals surface area contributed by atoms with E-state index >= 15 is 0 Å². The first-order valence-electron chi connectivity index (χ1n) is 7.38. The van der Waals surface area contributed by atoms with Crippen LogP contribution in [0.15, 0.2) is 17.3 Å². The van der Waals surface area contributed by atoms with Crippen LogP contribution in [0.4, 0.5) is 0 Å². The number of nitrogens with zero attached hydrogens (tertiary/aromatic N) is 5. The Kier molecular flexibility index (Phi) is 4.04. The largest absolute Gasteiger partial charge is 0.304 e. The van der Waals surface area contributed by atoms with Gasteiger partial charge >= 0.3 is 0 Å². The molecule has 1 atom stereocenters. The Labute approximate surface area is 126 Å². The molecule has 8 heteroatoms. The smallest absolute Gasteiger partial charge is 0.246 e. The van der Waals surface area contributed by atoms with Gasteiger partial charge in [-0.2, -0.15) is 9.40 Å². The van der Waals surface area contributed by atoms with Crippen molar-refractivity contribution in [3.05, 3.63) is 12.4 Å². The van der Waals surface area contributed by atoms with E-state index in [0.29, 0.717) is 24.0 Å². The Bertz CT molecular complexity index is 591. The van der Waals surface area contributed by atoms with Crippen LogP contribution < -0.4 is 0 Å². The van der Waals surface area contributed by atoms with Gasteiger partial charge in [0.05, 0.1) is 6.20 Å². The molecule has 3 heterocycles. The summed E-state index contributed by atoms with van der Waals surface area (Å²) in [7, 11) is 0.475. The molecule has 2 aliphatic rings. The van der Waals surface area contributed by atoms with Crippen LogP contribution in [-0.4, -0.2) is 84.7 Å². The minimum absolute atomic E-state index is 0.295. The van der Waals surface area contributed by atoms with E-state index in [1.165, 1.54) is 10.9 Å². The molecule has 2 aliphatic heterocycles. The predicted octanol–water partition coefficient (Wildman–Crippen LogP) is -0.569. The zero-order valence-corrected chi connectivity index (χ0v) is 13.5. The first-order valence-corrected chi connectivity index (χ1v) is 8.82. The fourth-order valence-corrected chi connectivity index (χ4v) is 4.57. The fraction of sp³-hybridized carbons (Fsp3) is 0.769. The molecule has 7 nitrogen and oxygen atoms in total. The number of sulfonamides is 1. The molecule has 1 aromatic heterocycles. The number of aromatic nitrogens is 2. The summed E-state index contributed by atoms with van der Waals surface area (Å²) in [4.78, 5) is 5.04. The zero-order valence-electron chi connectivity index (χ0n) is 12.6. The molecule has 1 aromatic rings. The van der Waals surface area contributed by atoms with Crippen LogP contribution in [0, 0.1) is 0 Å². The van der Waals surface area contributed by atoms with Crippen molar-refractivity contribution in [1.29, 1.82) is 0 Å². The van der Waals surface area contributed by atoms with Crippen LogP contribution in [0.3, 0.4) is 0 Å². The van der Waals surface area contributed by atoms with Gasteiger partial charge in [0.15, 0.2) is 0 Å². The molecule has 0 saturated carbocycles. The Balaban J connectivity index is 1.66. The molecule has 3 rings (SSSR count). The minimum Gasteiger partial charge on any atom is -0.304 e. The van der Waals surface area contributed by atoms with Gasteiger partial charge in [0.1, 0.15) is 4.90 Å². The van der Waals surface area contributed by atoms with Gasteiger partial charge in [-0.1, -0.05) is 0 Å². The standard InChI is InChI=1S/C13H23N5O2S/c1-15-5-7-17(8-6-15)12-3-4-18(10-12)21(19,20)13-9-14-16(2)11-13/h9,11-12H,3-8,10H2,1-2H3. The number of likely N-dealkylation sites (N-methyl/N-ethyl adjacent to an activating group) is 1. The monoisotopic (exact) mass is 313 g/mol. The molecule has 21 heavy (non-hydrogen) atoms. The van der Waals surface area contributed by atoms with Crippen molar-refractivity contribution in [3.63, 3.8) is 0 Å². The molecular weight excluding hydrogens is 290 g/mol. The molecule has 0 aliphatic carbocycles. The molecule has 1 unspecified atom stereocenters. The Hall–Kier alpha value is -0.960. The Morgan fingerprint density at radius 1 is 1.14 bits per heavy atom.